The Hall–Kier alpha value is -2.42. The second-order valence-electron chi connectivity index (χ2n) is 5.88. The topological polar surface area (TPSA) is 146 Å². The fourth-order valence-electron chi connectivity index (χ4n) is 3.12. The van der Waals surface area contributed by atoms with Crippen LogP contribution in [0.15, 0.2) is 18.2 Å². The molecule has 3 rings (SSSR count). The van der Waals surface area contributed by atoms with Crippen molar-refractivity contribution in [2.75, 3.05) is 6.54 Å². The molecule has 2 heterocycles. The zero-order chi connectivity index (χ0) is 18.7. The minimum Gasteiger partial charge on any atom is -0.479 e. The van der Waals surface area contributed by atoms with E-state index in [1.165, 1.54) is 34.1 Å². The summed E-state index contributed by atoms with van der Waals surface area (Å²) in [5, 5.41) is 33.9. The number of aliphatic hydroxyl groups excluding tert-OH is 2. The highest BCUT2D eigenvalue weighted by molar-refractivity contribution is 5.89. The molecule has 8 nitrogen and oxygen atoms in total. The van der Waals surface area contributed by atoms with Crippen molar-refractivity contribution in [3.8, 4) is 0 Å². The van der Waals surface area contributed by atoms with Crippen molar-refractivity contribution in [2.24, 2.45) is 5.73 Å². The number of nitrogens with zero attached hydrogens (tertiary/aromatic N) is 1. The Bertz CT molecular complexity index is 780. The Balaban J connectivity index is 0.000000199. The highest BCUT2D eigenvalue weighted by atomic mass is 16.4. The average Bonchev–Trinajstić information content (AvgIpc) is 3.12. The maximum Gasteiger partial charge on any atom is 0.335 e. The largest absolute Gasteiger partial charge is 0.479 e. The normalized spacial score (nSPS) is 14.7. The molecule has 0 aliphatic carbocycles. The van der Waals surface area contributed by atoms with E-state index < -0.39 is 24.1 Å². The summed E-state index contributed by atoms with van der Waals surface area (Å²) in [4.78, 5) is 19.5. The molecule has 0 fully saturated rings. The van der Waals surface area contributed by atoms with Crippen LogP contribution in [0.4, 0.5) is 0 Å². The van der Waals surface area contributed by atoms with E-state index >= 15 is 0 Å². The van der Waals surface area contributed by atoms with Gasteiger partial charge in [-0.3, -0.25) is 0 Å². The molecule has 1 aromatic carbocycles. The SMILES string of the molecule is Cc1c(CCN)c2cccc3c2n1CC3.O=C(O)C(O)C(O)C(=O)O. The number of benzene rings is 1. The van der Waals surface area contributed by atoms with Crippen LogP contribution in [0, 0.1) is 6.92 Å². The van der Waals surface area contributed by atoms with Crippen molar-refractivity contribution in [1.29, 1.82) is 0 Å². The minimum atomic E-state index is -2.27. The van der Waals surface area contributed by atoms with E-state index in [1.54, 1.807) is 0 Å². The molecule has 1 aliphatic rings. The lowest BCUT2D eigenvalue weighted by Crippen LogP contribution is -2.39. The quantitative estimate of drug-likeness (QED) is 0.505. The number of aryl methyl sites for hydroxylation is 2. The van der Waals surface area contributed by atoms with E-state index in [4.69, 9.17) is 26.2 Å². The number of rotatable bonds is 5. The number of hydrogen-bond donors (Lipinski definition) is 5. The Morgan fingerprint density at radius 2 is 1.80 bits per heavy atom. The van der Waals surface area contributed by atoms with E-state index in [0.717, 1.165) is 19.5 Å². The van der Waals surface area contributed by atoms with Crippen LogP contribution in [-0.4, -0.2) is 55.7 Å². The summed E-state index contributed by atoms with van der Waals surface area (Å²) in [7, 11) is 0. The molecule has 25 heavy (non-hydrogen) atoms. The Labute approximate surface area is 144 Å². The summed E-state index contributed by atoms with van der Waals surface area (Å²) in [6, 6.07) is 6.66. The molecule has 1 aliphatic heterocycles. The third-order valence-corrected chi connectivity index (χ3v) is 4.36. The smallest absolute Gasteiger partial charge is 0.335 e. The van der Waals surface area contributed by atoms with Gasteiger partial charge in [-0.15, -0.1) is 0 Å². The summed E-state index contributed by atoms with van der Waals surface area (Å²) in [5.74, 6) is -3.54. The number of aromatic nitrogens is 1. The van der Waals surface area contributed by atoms with Crippen LogP contribution in [0.25, 0.3) is 10.9 Å². The molecule has 6 N–H and O–H groups in total. The average molecular weight is 350 g/mol. The van der Waals surface area contributed by atoms with Crippen LogP contribution < -0.4 is 5.73 Å². The number of aliphatic carboxylic acids is 2. The van der Waals surface area contributed by atoms with Crippen LogP contribution in [0.5, 0.6) is 0 Å². The van der Waals surface area contributed by atoms with Crippen LogP contribution in [0.2, 0.25) is 0 Å². The van der Waals surface area contributed by atoms with Gasteiger partial charge in [-0.1, -0.05) is 18.2 Å². The van der Waals surface area contributed by atoms with E-state index in [2.05, 4.69) is 29.7 Å². The first-order chi connectivity index (χ1) is 11.8. The number of carboxylic acids is 2. The fourth-order valence-corrected chi connectivity index (χ4v) is 3.12. The first kappa shape index (κ1) is 18.9. The van der Waals surface area contributed by atoms with Crippen LogP contribution in [-0.2, 0) is 29.0 Å². The van der Waals surface area contributed by atoms with Gasteiger partial charge >= 0.3 is 11.9 Å². The predicted molar refractivity (Wildman–Crippen MR) is 90.4 cm³/mol. The molecule has 0 bridgehead atoms. The molecule has 1 aromatic heterocycles. The van der Waals surface area contributed by atoms with Gasteiger partial charge in [-0.05, 0) is 37.4 Å². The van der Waals surface area contributed by atoms with Crippen molar-refractivity contribution in [2.45, 2.75) is 38.5 Å². The monoisotopic (exact) mass is 350 g/mol. The Kier molecular flexibility index (Phi) is 5.78. The van der Waals surface area contributed by atoms with Crippen molar-refractivity contribution < 1.29 is 30.0 Å². The first-order valence-corrected chi connectivity index (χ1v) is 7.91. The molecule has 0 saturated heterocycles. The first-order valence-electron chi connectivity index (χ1n) is 7.91. The van der Waals surface area contributed by atoms with Gasteiger partial charge in [0.25, 0.3) is 0 Å². The Morgan fingerprint density at radius 3 is 2.32 bits per heavy atom. The zero-order valence-corrected chi connectivity index (χ0v) is 13.8. The summed E-state index contributed by atoms with van der Waals surface area (Å²) in [6.07, 6.45) is -2.34. The summed E-state index contributed by atoms with van der Waals surface area (Å²) in [5.41, 5.74) is 11.5. The summed E-state index contributed by atoms with van der Waals surface area (Å²) < 4.78 is 2.45. The van der Waals surface area contributed by atoms with Gasteiger partial charge in [0.2, 0.25) is 0 Å². The lowest BCUT2D eigenvalue weighted by molar-refractivity contribution is -0.165. The van der Waals surface area contributed by atoms with Crippen molar-refractivity contribution in [3.63, 3.8) is 0 Å². The van der Waals surface area contributed by atoms with Crippen LogP contribution in [0.1, 0.15) is 16.8 Å². The Morgan fingerprint density at radius 1 is 1.20 bits per heavy atom. The summed E-state index contributed by atoms with van der Waals surface area (Å²) >= 11 is 0. The van der Waals surface area contributed by atoms with Crippen LogP contribution in [0.3, 0.4) is 0 Å². The maximum absolute atomic E-state index is 9.77. The van der Waals surface area contributed by atoms with Gasteiger partial charge in [0.1, 0.15) is 0 Å². The predicted octanol–water partition coefficient (Wildman–Crippen LogP) is -0.116. The van der Waals surface area contributed by atoms with Gasteiger partial charge in [0.15, 0.2) is 12.2 Å². The second kappa shape index (κ2) is 7.64. The zero-order valence-electron chi connectivity index (χ0n) is 13.8. The van der Waals surface area contributed by atoms with E-state index in [1.807, 2.05) is 0 Å². The van der Waals surface area contributed by atoms with Crippen LogP contribution >= 0.6 is 0 Å². The lowest BCUT2D eigenvalue weighted by atomic mass is 10.0. The third-order valence-electron chi connectivity index (χ3n) is 4.36. The molecule has 2 unspecified atom stereocenters. The standard InChI is InChI=1S/C13H16N2.C4H6O6/c1-9-11(5-7-14)12-4-2-3-10-6-8-15(9)13(10)12;5-1(3(7)8)2(6)4(9)10/h2-4H,5-8,14H2,1H3;1-2,5-6H,(H,7,8)(H,9,10). The highest BCUT2D eigenvalue weighted by Gasteiger charge is 2.29. The highest BCUT2D eigenvalue weighted by Crippen LogP contribution is 2.33. The number of carbonyl (C=O) groups is 2. The van der Waals surface area contributed by atoms with Gasteiger partial charge in [-0.2, -0.15) is 0 Å². The molecule has 136 valence electrons. The molecule has 2 aromatic rings. The van der Waals surface area contributed by atoms with E-state index in [-0.39, 0.29) is 0 Å². The minimum absolute atomic E-state index is 0.740. The molecule has 0 radical (unpaired) electrons. The number of aliphatic hydroxyl groups is 2. The molecule has 0 spiro atoms. The number of carboxylic acid groups (broad SMARTS) is 2. The molecule has 8 heteroatoms. The van der Waals surface area contributed by atoms with Gasteiger partial charge in [-0.25, -0.2) is 9.59 Å². The van der Waals surface area contributed by atoms with Gasteiger partial charge in [0.05, 0.1) is 5.52 Å². The second-order valence-corrected chi connectivity index (χ2v) is 5.88. The third kappa shape index (κ3) is 3.65. The van der Waals surface area contributed by atoms with Gasteiger partial charge < -0.3 is 30.7 Å². The van der Waals surface area contributed by atoms with E-state index in [9.17, 15) is 9.59 Å². The number of para-hydroxylation sites is 1. The number of nitrogens with two attached hydrogens (primary N) is 1. The summed E-state index contributed by atoms with van der Waals surface area (Å²) in [6.45, 7) is 4.11. The van der Waals surface area contributed by atoms with Gasteiger partial charge in [0, 0.05) is 17.6 Å². The lowest BCUT2D eigenvalue weighted by Gasteiger charge is -2.07. The molecular weight excluding hydrogens is 328 g/mol. The van der Waals surface area contributed by atoms with Crippen molar-refractivity contribution >= 4 is 22.8 Å². The molecule has 2 atom stereocenters. The van der Waals surface area contributed by atoms with Crippen molar-refractivity contribution in [3.05, 3.63) is 35.0 Å². The maximum atomic E-state index is 9.77. The number of hydrogen-bond acceptors (Lipinski definition) is 5. The fraction of sp³-hybridized carbons (Fsp3) is 0.412. The molecule has 0 saturated carbocycles. The van der Waals surface area contributed by atoms with Crippen molar-refractivity contribution in [1.82, 2.24) is 4.57 Å². The molecular formula is C17H22N2O6. The van der Waals surface area contributed by atoms with E-state index in [0.29, 0.717) is 0 Å². The molecule has 0 amide bonds.